The van der Waals surface area contributed by atoms with Gasteiger partial charge in [-0.1, -0.05) is 30.3 Å². The standard InChI is InChI=1S/C24H28N4O4S2/c1-24(2,30)17-8-6-16(7-9-17)20-14-19(22(25)29)23(33-20)27-21-5-3-4-18(26-21)15-28-10-12-34(31,32)13-11-28/h3-9,14,30H,10-13,15H2,1-2H3,(H2,25,29)(H,26,27). The fraction of sp³-hybridized carbons (Fsp3) is 0.333. The summed E-state index contributed by atoms with van der Waals surface area (Å²) in [6.07, 6.45) is 0. The lowest BCUT2D eigenvalue weighted by Crippen LogP contribution is -2.39. The molecular weight excluding hydrogens is 472 g/mol. The van der Waals surface area contributed by atoms with Gasteiger partial charge < -0.3 is 16.2 Å². The number of hydrogen-bond acceptors (Lipinski definition) is 8. The maximum Gasteiger partial charge on any atom is 0.251 e. The first-order valence-corrected chi connectivity index (χ1v) is 13.6. The number of anilines is 2. The molecule has 3 aromatic rings. The van der Waals surface area contributed by atoms with E-state index in [0.717, 1.165) is 21.7 Å². The molecule has 0 bridgehead atoms. The quantitative estimate of drug-likeness (QED) is 0.455. The highest BCUT2D eigenvalue weighted by molar-refractivity contribution is 7.91. The van der Waals surface area contributed by atoms with E-state index in [-0.39, 0.29) is 11.5 Å². The highest BCUT2D eigenvalue weighted by Gasteiger charge is 2.22. The maximum atomic E-state index is 12.1. The number of hydrogen-bond donors (Lipinski definition) is 3. The Morgan fingerprint density at radius 3 is 2.47 bits per heavy atom. The minimum atomic E-state index is -2.93. The van der Waals surface area contributed by atoms with Gasteiger partial charge in [0, 0.05) is 24.5 Å². The number of nitrogens with one attached hydrogen (secondary N) is 1. The van der Waals surface area contributed by atoms with Crippen molar-refractivity contribution in [2.24, 2.45) is 5.73 Å². The monoisotopic (exact) mass is 500 g/mol. The molecule has 2 aromatic heterocycles. The molecule has 1 saturated heterocycles. The molecule has 180 valence electrons. The molecule has 1 aromatic carbocycles. The Labute approximate surface area is 203 Å². The normalized spacial score (nSPS) is 16.3. The molecule has 4 N–H and O–H groups in total. The smallest absolute Gasteiger partial charge is 0.251 e. The van der Waals surface area contributed by atoms with E-state index in [1.807, 2.05) is 42.5 Å². The summed E-state index contributed by atoms with van der Waals surface area (Å²) in [6, 6.07) is 14.9. The van der Waals surface area contributed by atoms with Crippen LogP contribution in [0.15, 0.2) is 48.5 Å². The number of aromatic nitrogens is 1. The van der Waals surface area contributed by atoms with Crippen LogP contribution in [0.4, 0.5) is 10.8 Å². The van der Waals surface area contributed by atoms with Crippen molar-refractivity contribution in [2.45, 2.75) is 26.0 Å². The molecule has 1 fully saturated rings. The summed E-state index contributed by atoms with van der Waals surface area (Å²) in [5.41, 5.74) is 7.60. The first-order valence-electron chi connectivity index (χ1n) is 10.9. The zero-order valence-corrected chi connectivity index (χ0v) is 20.7. The number of benzene rings is 1. The van der Waals surface area contributed by atoms with E-state index >= 15 is 0 Å². The first-order chi connectivity index (χ1) is 16.0. The third kappa shape index (κ3) is 5.82. The number of rotatable bonds is 7. The van der Waals surface area contributed by atoms with Crippen LogP contribution in [0.3, 0.4) is 0 Å². The number of carbonyl (C=O) groups is 1. The number of sulfone groups is 1. The van der Waals surface area contributed by atoms with Crippen LogP contribution in [0.25, 0.3) is 10.4 Å². The molecule has 8 nitrogen and oxygen atoms in total. The Balaban J connectivity index is 1.53. The van der Waals surface area contributed by atoms with Gasteiger partial charge in [-0.05, 0) is 43.2 Å². The van der Waals surface area contributed by atoms with Crippen molar-refractivity contribution in [3.8, 4) is 10.4 Å². The molecule has 1 aliphatic rings. The van der Waals surface area contributed by atoms with Crippen molar-refractivity contribution >= 4 is 37.9 Å². The van der Waals surface area contributed by atoms with Crippen molar-refractivity contribution in [3.05, 3.63) is 65.4 Å². The van der Waals surface area contributed by atoms with Crippen LogP contribution in [0.2, 0.25) is 0 Å². The number of nitrogens with zero attached hydrogens (tertiary/aromatic N) is 2. The second-order valence-electron chi connectivity index (χ2n) is 8.92. The van der Waals surface area contributed by atoms with Gasteiger partial charge in [0.2, 0.25) is 0 Å². The summed E-state index contributed by atoms with van der Waals surface area (Å²) in [5.74, 6) is 0.378. The molecule has 0 unspecified atom stereocenters. The number of aliphatic hydroxyl groups is 1. The van der Waals surface area contributed by atoms with Crippen molar-refractivity contribution in [3.63, 3.8) is 0 Å². The average molecular weight is 501 g/mol. The van der Waals surface area contributed by atoms with Crippen LogP contribution < -0.4 is 11.1 Å². The predicted molar refractivity (Wildman–Crippen MR) is 135 cm³/mol. The lowest BCUT2D eigenvalue weighted by molar-refractivity contribution is 0.0786. The molecule has 0 atom stereocenters. The van der Waals surface area contributed by atoms with Crippen LogP contribution in [0.1, 0.15) is 35.5 Å². The predicted octanol–water partition coefficient (Wildman–Crippen LogP) is 3.11. The summed E-state index contributed by atoms with van der Waals surface area (Å²) in [5, 5.41) is 14.0. The zero-order chi connectivity index (χ0) is 24.5. The van der Waals surface area contributed by atoms with E-state index in [1.54, 1.807) is 19.9 Å². The van der Waals surface area contributed by atoms with Crippen LogP contribution in [0.5, 0.6) is 0 Å². The van der Waals surface area contributed by atoms with Gasteiger partial charge in [-0.2, -0.15) is 0 Å². The Morgan fingerprint density at radius 2 is 1.85 bits per heavy atom. The largest absolute Gasteiger partial charge is 0.386 e. The highest BCUT2D eigenvalue weighted by atomic mass is 32.2. The van der Waals surface area contributed by atoms with E-state index in [9.17, 15) is 18.3 Å². The van der Waals surface area contributed by atoms with Gasteiger partial charge in [0.15, 0.2) is 9.84 Å². The maximum absolute atomic E-state index is 12.1. The fourth-order valence-corrected chi connectivity index (χ4v) is 6.10. The Hall–Kier alpha value is -2.79. The van der Waals surface area contributed by atoms with E-state index < -0.39 is 21.3 Å². The molecule has 1 aliphatic heterocycles. The van der Waals surface area contributed by atoms with E-state index in [2.05, 4.69) is 15.2 Å². The van der Waals surface area contributed by atoms with E-state index in [0.29, 0.717) is 36.0 Å². The number of nitrogens with two attached hydrogens (primary N) is 1. The van der Waals surface area contributed by atoms with Crippen LogP contribution in [-0.4, -0.2) is 53.9 Å². The summed E-state index contributed by atoms with van der Waals surface area (Å²) in [4.78, 5) is 19.7. The molecular formula is C24H28N4O4S2. The van der Waals surface area contributed by atoms with Gasteiger partial charge in [-0.25, -0.2) is 13.4 Å². The minimum Gasteiger partial charge on any atom is -0.386 e. The molecule has 3 heterocycles. The van der Waals surface area contributed by atoms with Gasteiger partial charge >= 0.3 is 0 Å². The first kappa shape index (κ1) is 24.3. The zero-order valence-electron chi connectivity index (χ0n) is 19.1. The van der Waals surface area contributed by atoms with Gasteiger partial charge in [0.25, 0.3) is 5.91 Å². The molecule has 4 rings (SSSR count). The Kier molecular flexibility index (Phi) is 6.77. The number of carbonyl (C=O) groups excluding carboxylic acids is 1. The third-order valence-corrected chi connectivity index (χ3v) is 8.45. The Bertz CT molecular complexity index is 1280. The van der Waals surface area contributed by atoms with Crippen molar-refractivity contribution in [2.75, 3.05) is 29.9 Å². The summed E-state index contributed by atoms with van der Waals surface area (Å²) >= 11 is 1.40. The Morgan fingerprint density at radius 1 is 1.18 bits per heavy atom. The molecule has 34 heavy (non-hydrogen) atoms. The third-order valence-electron chi connectivity index (χ3n) is 5.74. The number of pyridine rings is 1. The number of amides is 1. The molecule has 0 radical (unpaired) electrons. The molecule has 0 aliphatic carbocycles. The summed E-state index contributed by atoms with van der Waals surface area (Å²) in [6.45, 7) is 5.00. The van der Waals surface area contributed by atoms with Crippen molar-refractivity contribution in [1.29, 1.82) is 0 Å². The fourth-order valence-electron chi connectivity index (χ4n) is 3.74. The SMILES string of the molecule is CC(C)(O)c1ccc(-c2cc(C(N)=O)c(Nc3cccc(CN4CCS(=O)(=O)CC4)n3)s2)cc1. The lowest BCUT2D eigenvalue weighted by atomic mass is 9.97. The van der Waals surface area contributed by atoms with Crippen molar-refractivity contribution < 1.29 is 18.3 Å². The average Bonchev–Trinajstić information content (AvgIpc) is 3.19. The molecule has 0 saturated carbocycles. The second-order valence-corrected chi connectivity index (χ2v) is 12.3. The lowest BCUT2D eigenvalue weighted by Gasteiger charge is -2.26. The molecule has 0 spiro atoms. The van der Waals surface area contributed by atoms with Gasteiger partial charge in [-0.3, -0.25) is 9.69 Å². The number of thiophene rings is 1. The molecule has 1 amide bonds. The highest BCUT2D eigenvalue weighted by Crippen LogP contribution is 2.37. The number of primary amides is 1. The summed E-state index contributed by atoms with van der Waals surface area (Å²) < 4.78 is 23.3. The second kappa shape index (κ2) is 9.46. The van der Waals surface area contributed by atoms with Crippen molar-refractivity contribution in [1.82, 2.24) is 9.88 Å². The van der Waals surface area contributed by atoms with E-state index in [1.165, 1.54) is 11.3 Å². The topological polar surface area (TPSA) is 126 Å². The van der Waals surface area contributed by atoms with Gasteiger partial charge in [-0.15, -0.1) is 11.3 Å². The minimum absolute atomic E-state index is 0.168. The van der Waals surface area contributed by atoms with Crippen LogP contribution >= 0.6 is 11.3 Å². The molecule has 10 heteroatoms. The summed E-state index contributed by atoms with van der Waals surface area (Å²) in [7, 11) is -2.93. The van der Waals surface area contributed by atoms with Crippen LogP contribution in [0, 0.1) is 0 Å². The van der Waals surface area contributed by atoms with E-state index in [4.69, 9.17) is 5.73 Å². The van der Waals surface area contributed by atoms with Gasteiger partial charge in [0.05, 0.1) is 28.4 Å². The van der Waals surface area contributed by atoms with Gasteiger partial charge in [0.1, 0.15) is 10.8 Å². The van der Waals surface area contributed by atoms with Crippen LogP contribution in [-0.2, 0) is 22.0 Å².